The van der Waals surface area contributed by atoms with Crippen LogP contribution in [-0.2, 0) is 19.2 Å². The van der Waals surface area contributed by atoms with Crippen molar-refractivity contribution in [3.05, 3.63) is 30.0 Å². The molecule has 2 aromatic rings. The van der Waals surface area contributed by atoms with E-state index < -0.39 is 35.8 Å². The number of nitrogens with two attached hydrogens (primary N) is 1. The van der Waals surface area contributed by atoms with E-state index in [4.69, 9.17) is 10.8 Å². The number of carboxylic acids is 2. The van der Waals surface area contributed by atoms with Gasteiger partial charge in [-0.3, -0.25) is 24.1 Å². The molecule has 10 heteroatoms. The first-order valence-electron chi connectivity index (χ1n) is 9.18. The highest BCUT2D eigenvalue weighted by Gasteiger charge is 2.39. The third-order valence-electron chi connectivity index (χ3n) is 5.05. The molecule has 10 nitrogen and oxygen atoms in total. The predicted octanol–water partition coefficient (Wildman–Crippen LogP) is 1.05. The molecular formula is C19H22N4O6. The van der Waals surface area contributed by atoms with Gasteiger partial charge in [0, 0.05) is 41.3 Å². The monoisotopic (exact) mass is 402 g/mol. The van der Waals surface area contributed by atoms with Gasteiger partial charge in [-0.15, -0.1) is 0 Å². The first-order chi connectivity index (χ1) is 13.8. The zero-order chi connectivity index (χ0) is 21.1. The number of hydrogen-bond acceptors (Lipinski definition) is 5. The van der Waals surface area contributed by atoms with Crippen molar-refractivity contribution in [2.24, 2.45) is 5.73 Å². The number of hydrogen-bond donors (Lipinski definition) is 5. The molecule has 1 aromatic carbocycles. The quantitative estimate of drug-likeness (QED) is 0.440. The summed E-state index contributed by atoms with van der Waals surface area (Å²) in [5, 5.41) is 21.8. The van der Waals surface area contributed by atoms with Crippen LogP contribution < -0.4 is 11.1 Å². The number of fused-ring (bicyclic) bond motifs is 1. The highest BCUT2D eigenvalue weighted by atomic mass is 16.4. The number of rotatable bonds is 8. The van der Waals surface area contributed by atoms with Crippen LogP contribution in [0.2, 0.25) is 0 Å². The van der Waals surface area contributed by atoms with Gasteiger partial charge in [0.1, 0.15) is 6.04 Å². The molecule has 0 aliphatic carbocycles. The number of aromatic amines is 1. The Morgan fingerprint density at radius 3 is 2.66 bits per heavy atom. The average Bonchev–Trinajstić information content (AvgIpc) is 3.28. The van der Waals surface area contributed by atoms with Crippen molar-refractivity contribution >= 4 is 40.3 Å². The van der Waals surface area contributed by atoms with Crippen LogP contribution in [0, 0.1) is 0 Å². The Hall–Kier alpha value is -3.40. The molecule has 1 aromatic heterocycles. The summed E-state index contributed by atoms with van der Waals surface area (Å²) in [6.07, 6.45) is 2.31. The molecule has 0 spiro atoms. The second-order valence-electron chi connectivity index (χ2n) is 6.99. The number of carbonyl (C=O) groups is 4. The molecule has 29 heavy (non-hydrogen) atoms. The van der Waals surface area contributed by atoms with Crippen molar-refractivity contribution in [3.8, 4) is 0 Å². The number of primary amides is 1. The van der Waals surface area contributed by atoms with Crippen molar-refractivity contribution in [3.63, 3.8) is 0 Å². The van der Waals surface area contributed by atoms with Gasteiger partial charge >= 0.3 is 11.9 Å². The van der Waals surface area contributed by atoms with Crippen molar-refractivity contribution in [2.45, 2.75) is 37.8 Å². The summed E-state index contributed by atoms with van der Waals surface area (Å²) in [4.78, 5) is 50.9. The molecule has 0 saturated carbocycles. The lowest BCUT2D eigenvalue weighted by Gasteiger charge is -2.28. The maximum absolute atomic E-state index is 12.1. The molecule has 1 aliphatic rings. The van der Waals surface area contributed by atoms with Gasteiger partial charge < -0.3 is 26.2 Å². The number of anilines is 1. The van der Waals surface area contributed by atoms with Crippen LogP contribution in [0.1, 0.15) is 37.3 Å². The number of amides is 2. The third-order valence-corrected chi connectivity index (χ3v) is 5.05. The molecule has 1 aliphatic heterocycles. The van der Waals surface area contributed by atoms with Crippen molar-refractivity contribution in [1.29, 1.82) is 0 Å². The highest BCUT2D eigenvalue weighted by Crippen LogP contribution is 2.34. The second-order valence-corrected chi connectivity index (χ2v) is 6.99. The van der Waals surface area contributed by atoms with Crippen LogP contribution >= 0.6 is 0 Å². The summed E-state index contributed by atoms with van der Waals surface area (Å²) in [6, 6.07) is 3.24. The third kappa shape index (κ3) is 4.37. The van der Waals surface area contributed by atoms with Gasteiger partial charge in [0.15, 0.2) is 0 Å². The van der Waals surface area contributed by atoms with Crippen LogP contribution in [0.25, 0.3) is 10.9 Å². The van der Waals surface area contributed by atoms with Gasteiger partial charge in [0.05, 0.1) is 12.5 Å². The van der Waals surface area contributed by atoms with Gasteiger partial charge in [-0.1, -0.05) is 0 Å². The zero-order valence-electron chi connectivity index (χ0n) is 15.6. The Kier molecular flexibility index (Phi) is 5.83. The Labute approximate surface area is 165 Å². The van der Waals surface area contributed by atoms with Gasteiger partial charge in [0.25, 0.3) is 0 Å². The van der Waals surface area contributed by atoms with Crippen LogP contribution in [0.4, 0.5) is 5.69 Å². The van der Waals surface area contributed by atoms with Crippen molar-refractivity contribution in [1.82, 2.24) is 9.88 Å². The van der Waals surface area contributed by atoms with Gasteiger partial charge in [0.2, 0.25) is 11.8 Å². The molecule has 2 heterocycles. The number of aliphatic carboxylic acids is 2. The molecule has 1 saturated heterocycles. The lowest BCUT2D eigenvalue weighted by molar-refractivity contribution is -0.145. The summed E-state index contributed by atoms with van der Waals surface area (Å²) in [6.45, 7) is 0.433. The summed E-state index contributed by atoms with van der Waals surface area (Å²) in [5.41, 5.74) is 7.00. The predicted molar refractivity (Wildman–Crippen MR) is 103 cm³/mol. The number of aromatic nitrogens is 1. The lowest BCUT2D eigenvalue weighted by Crippen LogP contribution is -2.44. The SMILES string of the molecule is NC(=O)[C@@H]1CCCN1C(C(=O)O)c1c[nH]c2ccc(NC(=O)CCC(=O)O)cc12. The Morgan fingerprint density at radius 1 is 1.24 bits per heavy atom. The van der Waals surface area contributed by atoms with E-state index in [0.717, 1.165) is 0 Å². The van der Waals surface area contributed by atoms with Crippen LogP contribution in [-0.4, -0.2) is 56.4 Å². The van der Waals surface area contributed by atoms with E-state index in [-0.39, 0.29) is 12.8 Å². The van der Waals surface area contributed by atoms with Crippen molar-refractivity contribution < 1.29 is 29.4 Å². The van der Waals surface area contributed by atoms with E-state index in [1.807, 2.05) is 0 Å². The fourth-order valence-electron chi connectivity index (χ4n) is 3.75. The number of carboxylic acid groups (broad SMARTS) is 2. The fraction of sp³-hybridized carbons (Fsp3) is 0.368. The lowest BCUT2D eigenvalue weighted by atomic mass is 10.0. The van der Waals surface area contributed by atoms with Gasteiger partial charge in [-0.25, -0.2) is 0 Å². The van der Waals surface area contributed by atoms with Crippen LogP contribution in [0.15, 0.2) is 24.4 Å². The zero-order valence-corrected chi connectivity index (χ0v) is 15.6. The smallest absolute Gasteiger partial charge is 0.325 e. The number of nitrogens with one attached hydrogen (secondary N) is 2. The summed E-state index contributed by atoms with van der Waals surface area (Å²) in [5.74, 6) is -3.18. The average molecular weight is 402 g/mol. The highest BCUT2D eigenvalue weighted by molar-refractivity contribution is 5.97. The van der Waals surface area contributed by atoms with E-state index in [9.17, 15) is 24.3 Å². The molecule has 0 bridgehead atoms. The van der Waals surface area contributed by atoms with E-state index in [1.165, 1.54) is 0 Å². The molecule has 2 amide bonds. The second kappa shape index (κ2) is 8.31. The first kappa shape index (κ1) is 20.3. The minimum Gasteiger partial charge on any atom is -0.481 e. The minimum absolute atomic E-state index is 0.167. The Bertz CT molecular complexity index is 969. The van der Waals surface area contributed by atoms with Crippen LogP contribution in [0.5, 0.6) is 0 Å². The fourth-order valence-corrected chi connectivity index (χ4v) is 3.75. The topological polar surface area (TPSA) is 166 Å². The summed E-state index contributed by atoms with van der Waals surface area (Å²) >= 11 is 0. The number of nitrogens with zero attached hydrogens (tertiary/aromatic N) is 1. The first-order valence-corrected chi connectivity index (χ1v) is 9.18. The molecule has 0 radical (unpaired) electrons. The summed E-state index contributed by atoms with van der Waals surface area (Å²) < 4.78 is 0. The van der Waals surface area contributed by atoms with E-state index >= 15 is 0 Å². The molecule has 1 unspecified atom stereocenters. The number of benzene rings is 1. The van der Waals surface area contributed by atoms with E-state index in [1.54, 1.807) is 29.3 Å². The largest absolute Gasteiger partial charge is 0.481 e. The molecule has 3 rings (SSSR count). The molecule has 1 fully saturated rings. The van der Waals surface area contributed by atoms with Gasteiger partial charge in [-0.2, -0.15) is 0 Å². The number of likely N-dealkylation sites (tertiary alicyclic amines) is 1. The standard InChI is InChI=1S/C19H22N4O6/c20-18(27)14-2-1-7-23(14)17(19(28)29)12-9-21-13-4-3-10(8-11(12)13)22-15(24)5-6-16(25)26/h3-4,8-9,14,17,21H,1-2,5-7H2,(H2,20,27)(H,22,24)(H,25,26)(H,28,29)/t14-,17?/m0/s1. The number of carbonyl (C=O) groups excluding carboxylic acids is 2. The molecule has 154 valence electrons. The summed E-state index contributed by atoms with van der Waals surface area (Å²) in [7, 11) is 0. The van der Waals surface area contributed by atoms with Gasteiger partial charge in [-0.05, 0) is 31.0 Å². The Balaban J connectivity index is 1.91. The van der Waals surface area contributed by atoms with E-state index in [0.29, 0.717) is 41.5 Å². The molecular weight excluding hydrogens is 380 g/mol. The molecule has 2 atom stereocenters. The van der Waals surface area contributed by atoms with Crippen LogP contribution in [0.3, 0.4) is 0 Å². The number of H-pyrrole nitrogens is 1. The van der Waals surface area contributed by atoms with E-state index in [2.05, 4.69) is 10.3 Å². The normalized spacial score (nSPS) is 17.9. The minimum atomic E-state index is -1.10. The maximum Gasteiger partial charge on any atom is 0.325 e. The maximum atomic E-state index is 12.1. The Morgan fingerprint density at radius 2 is 2.00 bits per heavy atom. The molecule has 6 N–H and O–H groups in total. The van der Waals surface area contributed by atoms with Crippen molar-refractivity contribution in [2.75, 3.05) is 11.9 Å².